The van der Waals surface area contributed by atoms with Gasteiger partial charge < -0.3 is 10.3 Å². The summed E-state index contributed by atoms with van der Waals surface area (Å²) in [5.41, 5.74) is 7.20. The van der Waals surface area contributed by atoms with Crippen molar-refractivity contribution in [3.8, 4) is 0 Å². The highest BCUT2D eigenvalue weighted by molar-refractivity contribution is 7.88. The lowest BCUT2D eigenvalue weighted by atomic mass is 10.3. The van der Waals surface area contributed by atoms with E-state index in [1.807, 2.05) is 6.07 Å². The van der Waals surface area contributed by atoms with E-state index in [4.69, 9.17) is 17.3 Å². The second kappa shape index (κ2) is 4.75. The molecule has 0 amide bonds. The third kappa shape index (κ3) is 2.74. The molecule has 3 N–H and O–H groups in total. The van der Waals surface area contributed by atoms with E-state index in [-0.39, 0.29) is 6.54 Å². The Labute approximate surface area is 110 Å². The second-order valence-electron chi connectivity index (χ2n) is 3.90. The van der Waals surface area contributed by atoms with Crippen LogP contribution in [0.25, 0.3) is 11.0 Å². The van der Waals surface area contributed by atoms with E-state index in [0.29, 0.717) is 23.0 Å². The smallest absolute Gasteiger partial charge is 0.208 e. The van der Waals surface area contributed by atoms with Crippen LogP contribution in [0.5, 0.6) is 0 Å². The van der Waals surface area contributed by atoms with Crippen LogP contribution in [0.1, 0.15) is 0 Å². The standard InChI is InChI=1S/C10H13ClN4O2S/c1-18(16,17)13-5-6-15-8-4-2-3-7(11)9(8)14-10(15)12/h2-4,13H,5-6H2,1H3,(H2,12,14). The van der Waals surface area contributed by atoms with Gasteiger partial charge in [-0.1, -0.05) is 17.7 Å². The van der Waals surface area contributed by atoms with Crippen LogP contribution in [0.3, 0.4) is 0 Å². The zero-order valence-electron chi connectivity index (χ0n) is 9.72. The van der Waals surface area contributed by atoms with Crippen molar-refractivity contribution >= 4 is 38.6 Å². The number of sulfonamides is 1. The molecule has 0 radical (unpaired) electrons. The van der Waals surface area contributed by atoms with Gasteiger partial charge in [-0.15, -0.1) is 0 Å². The molecule has 0 bridgehead atoms. The van der Waals surface area contributed by atoms with E-state index in [0.717, 1.165) is 11.8 Å². The fourth-order valence-corrected chi connectivity index (χ4v) is 2.38. The molecular formula is C10H13ClN4O2S. The number of benzene rings is 1. The Morgan fingerprint density at radius 1 is 1.50 bits per heavy atom. The van der Waals surface area contributed by atoms with Crippen LogP contribution >= 0.6 is 11.6 Å². The topological polar surface area (TPSA) is 90.0 Å². The number of rotatable bonds is 4. The number of nitrogens with one attached hydrogen (secondary N) is 1. The van der Waals surface area contributed by atoms with Crippen molar-refractivity contribution in [3.63, 3.8) is 0 Å². The fraction of sp³-hybridized carbons (Fsp3) is 0.300. The van der Waals surface area contributed by atoms with Gasteiger partial charge in [0.2, 0.25) is 16.0 Å². The first kappa shape index (κ1) is 13.1. The lowest BCUT2D eigenvalue weighted by molar-refractivity contribution is 0.581. The molecule has 18 heavy (non-hydrogen) atoms. The van der Waals surface area contributed by atoms with E-state index in [1.54, 1.807) is 16.7 Å². The number of nitrogen functional groups attached to an aromatic ring is 1. The molecule has 0 aliphatic heterocycles. The molecule has 0 saturated heterocycles. The molecule has 0 aliphatic carbocycles. The number of para-hydroxylation sites is 1. The molecule has 0 aliphatic rings. The normalized spacial score (nSPS) is 12.1. The van der Waals surface area contributed by atoms with E-state index < -0.39 is 10.0 Å². The van der Waals surface area contributed by atoms with Gasteiger partial charge in [-0.05, 0) is 12.1 Å². The molecule has 2 aromatic rings. The SMILES string of the molecule is CS(=O)(=O)NCCn1c(N)nc2c(Cl)cccc21. The number of nitrogens with zero attached hydrogens (tertiary/aromatic N) is 2. The van der Waals surface area contributed by atoms with Crippen LogP contribution in [0.4, 0.5) is 5.95 Å². The summed E-state index contributed by atoms with van der Waals surface area (Å²) in [5.74, 6) is 0.313. The molecule has 1 aromatic heterocycles. The molecule has 0 spiro atoms. The van der Waals surface area contributed by atoms with Crippen molar-refractivity contribution in [2.75, 3.05) is 18.5 Å². The summed E-state index contributed by atoms with van der Waals surface area (Å²) in [5, 5.41) is 0.522. The lowest BCUT2D eigenvalue weighted by Gasteiger charge is -2.06. The number of fused-ring (bicyclic) bond motifs is 1. The maximum Gasteiger partial charge on any atom is 0.208 e. The molecule has 0 atom stereocenters. The van der Waals surface area contributed by atoms with Crippen LogP contribution < -0.4 is 10.5 Å². The molecule has 1 aromatic carbocycles. The van der Waals surface area contributed by atoms with E-state index >= 15 is 0 Å². The molecule has 0 unspecified atom stereocenters. The van der Waals surface area contributed by atoms with Crippen LogP contribution in [0.15, 0.2) is 18.2 Å². The lowest BCUT2D eigenvalue weighted by Crippen LogP contribution is -2.26. The van der Waals surface area contributed by atoms with Crippen molar-refractivity contribution in [3.05, 3.63) is 23.2 Å². The van der Waals surface area contributed by atoms with Crippen molar-refractivity contribution in [2.24, 2.45) is 0 Å². The number of anilines is 1. The molecule has 0 saturated carbocycles. The zero-order chi connectivity index (χ0) is 13.3. The molecule has 0 fully saturated rings. The van der Waals surface area contributed by atoms with Crippen LogP contribution in [0.2, 0.25) is 5.02 Å². The Morgan fingerprint density at radius 3 is 2.89 bits per heavy atom. The van der Waals surface area contributed by atoms with Crippen LogP contribution in [-0.2, 0) is 16.6 Å². The fourth-order valence-electron chi connectivity index (χ4n) is 1.71. The number of halogens is 1. The summed E-state index contributed by atoms with van der Waals surface area (Å²) in [4.78, 5) is 4.16. The number of hydrogen-bond donors (Lipinski definition) is 2. The molecule has 2 rings (SSSR count). The average molecular weight is 289 g/mol. The summed E-state index contributed by atoms with van der Waals surface area (Å²) in [7, 11) is -3.20. The Balaban J connectivity index is 2.28. The molecule has 8 heteroatoms. The molecule has 98 valence electrons. The quantitative estimate of drug-likeness (QED) is 0.871. The minimum absolute atomic E-state index is 0.251. The van der Waals surface area contributed by atoms with Gasteiger partial charge in [0.05, 0.1) is 16.8 Å². The summed E-state index contributed by atoms with van der Waals surface area (Å²) >= 11 is 6.01. The van der Waals surface area contributed by atoms with Crippen LogP contribution in [0, 0.1) is 0 Å². The zero-order valence-corrected chi connectivity index (χ0v) is 11.3. The third-order valence-electron chi connectivity index (χ3n) is 2.46. The van der Waals surface area contributed by atoms with Crippen molar-refractivity contribution in [1.82, 2.24) is 14.3 Å². The summed E-state index contributed by atoms with van der Waals surface area (Å²) in [6.07, 6.45) is 1.11. The minimum Gasteiger partial charge on any atom is -0.369 e. The van der Waals surface area contributed by atoms with Crippen molar-refractivity contribution < 1.29 is 8.42 Å². The van der Waals surface area contributed by atoms with Gasteiger partial charge in [-0.25, -0.2) is 18.1 Å². The van der Waals surface area contributed by atoms with Crippen molar-refractivity contribution in [1.29, 1.82) is 0 Å². The van der Waals surface area contributed by atoms with Gasteiger partial charge in [0.25, 0.3) is 0 Å². The third-order valence-corrected chi connectivity index (χ3v) is 3.49. The Kier molecular flexibility index (Phi) is 3.47. The summed E-state index contributed by atoms with van der Waals surface area (Å²) in [6, 6.07) is 5.37. The van der Waals surface area contributed by atoms with Crippen LogP contribution in [-0.4, -0.2) is 30.8 Å². The second-order valence-corrected chi connectivity index (χ2v) is 6.14. The maximum atomic E-state index is 11.0. The molecular weight excluding hydrogens is 276 g/mol. The van der Waals surface area contributed by atoms with Gasteiger partial charge >= 0.3 is 0 Å². The molecule has 6 nitrogen and oxygen atoms in total. The average Bonchev–Trinajstić information content (AvgIpc) is 2.56. The molecule has 1 heterocycles. The Hall–Kier alpha value is -1.31. The first-order valence-corrected chi connectivity index (χ1v) is 7.50. The predicted molar refractivity (Wildman–Crippen MR) is 72.0 cm³/mol. The maximum absolute atomic E-state index is 11.0. The highest BCUT2D eigenvalue weighted by Crippen LogP contribution is 2.24. The van der Waals surface area contributed by atoms with Gasteiger partial charge in [0.15, 0.2) is 0 Å². The summed E-state index contributed by atoms with van der Waals surface area (Å²) in [6.45, 7) is 0.650. The number of imidazole rings is 1. The van der Waals surface area contributed by atoms with Gasteiger partial charge in [-0.2, -0.15) is 0 Å². The highest BCUT2D eigenvalue weighted by atomic mass is 35.5. The van der Waals surface area contributed by atoms with E-state index in [2.05, 4.69) is 9.71 Å². The monoisotopic (exact) mass is 288 g/mol. The first-order valence-electron chi connectivity index (χ1n) is 5.23. The van der Waals surface area contributed by atoms with E-state index in [9.17, 15) is 8.42 Å². The van der Waals surface area contributed by atoms with Gasteiger partial charge in [-0.3, -0.25) is 0 Å². The number of nitrogens with two attached hydrogens (primary N) is 1. The van der Waals surface area contributed by atoms with Gasteiger partial charge in [0, 0.05) is 13.1 Å². The first-order chi connectivity index (χ1) is 8.38. The Bertz CT molecular complexity index is 680. The number of aromatic nitrogens is 2. The largest absolute Gasteiger partial charge is 0.369 e. The van der Waals surface area contributed by atoms with Crippen molar-refractivity contribution in [2.45, 2.75) is 6.54 Å². The Morgan fingerprint density at radius 2 is 2.22 bits per heavy atom. The predicted octanol–water partition coefficient (Wildman–Crippen LogP) is 0.821. The minimum atomic E-state index is -3.20. The summed E-state index contributed by atoms with van der Waals surface area (Å²) < 4.78 is 26.1. The highest BCUT2D eigenvalue weighted by Gasteiger charge is 2.10. The van der Waals surface area contributed by atoms with Gasteiger partial charge in [0.1, 0.15) is 5.52 Å². The number of hydrogen-bond acceptors (Lipinski definition) is 4. The van der Waals surface area contributed by atoms with E-state index in [1.165, 1.54) is 0 Å².